The molecule has 116 valence electrons. The number of aliphatic carboxylic acids is 1. The lowest BCUT2D eigenvalue weighted by Gasteiger charge is -2.39. The van der Waals surface area contributed by atoms with Gasteiger partial charge in [-0.2, -0.15) is 16.8 Å². The molecular formula is C7H9Cl2NO8S2. The van der Waals surface area contributed by atoms with E-state index in [-0.39, 0.29) is 0 Å². The molecule has 1 aliphatic carbocycles. The molecule has 0 spiro atoms. The number of halogens is 2. The minimum atomic E-state index is -5.48. The Hall–Kier alpha value is -0.430. The first kappa shape index (κ1) is 17.6. The summed E-state index contributed by atoms with van der Waals surface area (Å²) in [6.45, 7) is 0. The van der Waals surface area contributed by atoms with Gasteiger partial charge in [0, 0.05) is 6.42 Å². The largest absolute Gasteiger partial charge is 0.478 e. The van der Waals surface area contributed by atoms with E-state index in [9.17, 15) is 21.6 Å². The Morgan fingerprint density at radius 2 is 1.65 bits per heavy atom. The van der Waals surface area contributed by atoms with Gasteiger partial charge in [-0.05, 0) is 0 Å². The Labute approximate surface area is 123 Å². The maximum atomic E-state index is 11.4. The first-order valence-electron chi connectivity index (χ1n) is 4.70. The van der Waals surface area contributed by atoms with Crippen molar-refractivity contribution in [1.82, 2.24) is 0 Å². The molecule has 0 amide bonds. The fourth-order valence-corrected chi connectivity index (χ4v) is 5.55. The third-order valence-electron chi connectivity index (χ3n) is 2.82. The lowest BCUT2D eigenvalue weighted by molar-refractivity contribution is -0.133. The van der Waals surface area contributed by atoms with Crippen LogP contribution in [0.1, 0.15) is 6.42 Å². The van der Waals surface area contributed by atoms with E-state index in [1.165, 1.54) is 0 Å². The predicted molar refractivity (Wildman–Crippen MR) is 68.6 cm³/mol. The van der Waals surface area contributed by atoms with Gasteiger partial charge in [-0.15, -0.1) is 0 Å². The summed E-state index contributed by atoms with van der Waals surface area (Å²) >= 11 is 11.2. The van der Waals surface area contributed by atoms with E-state index in [0.717, 1.165) is 0 Å². The van der Waals surface area contributed by atoms with E-state index in [0.29, 0.717) is 6.08 Å². The number of carboxylic acid groups (broad SMARTS) is 1. The Balaban J connectivity index is 3.75. The summed E-state index contributed by atoms with van der Waals surface area (Å²) in [5, 5.41) is 8.85. The number of carbonyl (C=O) groups is 1. The van der Waals surface area contributed by atoms with Crippen LogP contribution in [-0.4, -0.2) is 51.5 Å². The molecule has 1 rings (SSSR count). The second-order valence-corrected chi connectivity index (χ2v) is 9.15. The second kappa shape index (κ2) is 4.80. The van der Waals surface area contributed by atoms with Crippen LogP contribution in [0.2, 0.25) is 0 Å². The monoisotopic (exact) mass is 369 g/mol. The molecule has 9 nitrogen and oxygen atoms in total. The number of rotatable bonds is 3. The van der Waals surface area contributed by atoms with Crippen molar-refractivity contribution in [3.8, 4) is 0 Å². The fourth-order valence-electron chi connectivity index (χ4n) is 1.84. The molecule has 0 saturated carbocycles. The number of hydrogen-bond acceptors (Lipinski definition) is 6. The molecule has 0 aromatic carbocycles. The quantitative estimate of drug-likeness (QED) is 0.373. The van der Waals surface area contributed by atoms with Crippen LogP contribution in [-0.2, 0) is 25.0 Å². The number of alkyl halides is 2. The van der Waals surface area contributed by atoms with Gasteiger partial charge in [-0.25, -0.2) is 4.79 Å². The normalized spacial score (nSPS) is 25.9. The Bertz CT molecular complexity index is 648. The number of nitrogens with two attached hydrogens (primary N) is 1. The highest BCUT2D eigenvalue weighted by Crippen LogP contribution is 2.48. The van der Waals surface area contributed by atoms with E-state index < -0.39 is 52.7 Å². The zero-order valence-corrected chi connectivity index (χ0v) is 12.5. The second-order valence-electron chi connectivity index (χ2n) is 4.05. The van der Waals surface area contributed by atoms with Crippen LogP contribution in [0.3, 0.4) is 0 Å². The highest BCUT2D eigenvalue weighted by molar-refractivity contribution is 8.05. The van der Waals surface area contributed by atoms with Gasteiger partial charge < -0.3 is 10.8 Å². The number of hydrogen-bond donors (Lipinski definition) is 4. The Morgan fingerprint density at radius 3 is 1.95 bits per heavy atom. The summed E-state index contributed by atoms with van der Waals surface area (Å²) in [7, 11) is -11.0. The van der Waals surface area contributed by atoms with E-state index in [4.69, 9.17) is 43.1 Å². The summed E-state index contributed by atoms with van der Waals surface area (Å²) in [5.41, 5.74) is 4.53. The third kappa shape index (κ3) is 2.54. The van der Waals surface area contributed by atoms with E-state index in [1.54, 1.807) is 0 Å². The topological polar surface area (TPSA) is 172 Å². The molecule has 0 aliphatic heterocycles. The molecule has 0 saturated heterocycles. The smallest absolute Gasteiger partial charge is 0.334 e. The van der Waals surface area contributed by atoms with Gasteiger partial charge in [0.2, 0.25) is 4.08 Å². The van der Waals surface area contributed by atoms with Crippen LogP contribution < -0.4 is 5.73 Å². The first-order chi connectivity index (χ1) is 8.67. The standard InChI is InChI=1S/C7H9Cl2NO8S2/c8-6(9)2-7(19(13,14)15,20(16,17)18)4(10)1-3(6)5(11)12/h1,4H,2,10H2,(H,11,12)(H,13,14,15)(H,16,17,18). The van der Waals surface area contributed by atoms with Gasteiger partial charge in [0.15, 0.2) is 4.33 Å². The van der Waals surface area contributed by atoms with E-state index in [1.807, 2.05) is 0 Å². The van der Waals surface area contributed by atoms with Crippen LogP contribution in [0.4, 0.5) is 0 Å². The molecule has 0 heterocycles. The summed E-state index contributed by atoms with van der Waals surface area (Å²) in [6, 6.07) is -2.09. The molecule has 0 bridgehead atoms. The first-order valence-corrected chi connectivity index (χ1v) is 8.33. The highest BCUT2D eigenvalue weighted by Gasteiger charge is 2.65. The van der Waals surface area contributed by atoms with Crippen LogP contribution in [0.25, 0.3) is 0 Å². The predicted octanol–water partition coefficient (Wildman–Crippen LogP) is -0.626. The summed E-state index contributed by atoms with van der Waals surface area (Å²) in [5.74, 6) is -1.66. The van der Waals surface area contributed by atoms with Crippen LogP contribution in [0.15, 0.2) is 11.6 Å². The van der Waals surface area contributed by atoms with Crippen LogP contribution in [0.5, 0.6) is 0 Å². The van der Waals surface area contributed by atoms with Crippen molar-refractivity contribution in [1.29, 1.82) is 0 Å². The molecule has 1 unspecified atom stereocenters. The molecule has 0 radical (unpaired) electrons. The molecule has 20 heavy (non-hydrogen) atoms. The molecule has 0 aromatic rings. The average molecular weight is 370 g/mol. The zero-order valence-electron chi connectivity index (χ0n) is 9.39. The van der Waals surface area contributed by atoms with Gasteiger partial charge >= 0.3 is 5.97 Å². The Kier molecular flexibility index (Phi) is 4.23. The zero-order chi connectivity index (χ0) is 16.1. The highest BCUT2D eigenvalue weighted by atomic mass is 35.5. The Morgan fingerprint density at radius 1 is 1.25 bits per heavy atom. The average Bonchev–Trinajstić information content (AvgIpc) is 2.16. The lowest BCUT2D eigenvalue weighted by atomic mass is 9.94. The van der Waals surface area contributed by atoms with Crippen molar-refractivity contribution in [3.05, 3.63) is 11.6 Å². The van der Waals surface area contributed by atoms with Gasteiger partial charge in [0.1, 0.15) is 0 Å². The van der Waals surface area contributed by atoms with Gasteiger partial charge in [0.25, 0.3) is 20.2 Å². The van der Waals surface area contributed by atoms with Crippen molar-refractivity contribution in [2.45, 2.75) is 20.9 Å². The van der Waals surface area contributed by atoms with E-state index in [2.05, 4.69) is 0 Å². The van der Waals surface area contributed by atoms with Gasteiger partial charge in [-0.1, -0.05) is 29.3 Å². The third-order valence-corrected chi connectivity index (χ3v) is 7.34. The molecule has 0 fully saturated rings. The molecule has 13 heteroatoms. The van der Waals surface area contributed by atoms with Gasteiger partial charge in [-0.3, -0.25) is 9.11 Å². The summed E-state index contributed by atoms with van der Waals surface area (Å²) < 4.78 is 57.9. The lowest BCUT2D eigenvalue weighted by Crippen LogP contribution is -2.62. The van der Waals surface area contributed by atoms with Crippen LogP contribution in [0, 0.1) is 0 Å². The van der Waals surface area contributed by atoms with Crippen molar-refractivity contribution in [3.63, 3.8) is 0 Å². The molecule has 0 aromatic heterocycles. The molecule has 1 atom stereocenters. The summed E-state index contributed by atoms with van der Waals surface area (Å²) in [4.78, 5) is 10.9. The molecular weight excluding hydrogens is 361 g/mol. The minimum absolute atomic E-state index is 0.452. The fraction of sp³-hybridized carbons (Fsp3) is 0.571. The molecule has 5 N–H and O–H groups in total. The minimum Gasteiger partial charge on any atom is -0.478 e. The van der Waals surface area contributed by atoms with Crippen molar-refractivity contribution in [2.24, 2.45) is 5.73 Å². The SMILES string of the molecule is NC1C=C(C(=O)O)C(Cl)(Cl)CC1(S(=O)(=O)O)S(=O)(=O)O. The van der Waals surface area contributed by atoms with E-state index >= 15 is 0 Å². The maximum Gasteiger partial charge on any atom is 0.334 e. The van der Waals surface area contributed by atoms with Crippen molar-refractivity contribution >= 4 is 49.4 Å². The molecule has 1 aliphatic rings. The maximum absolute atomic E-state index is 11.4. The van der Waals surface area contributed by atoms with Crippen molar-refractivity contribution in [2.75, 3.05) is 0 Å². The summed E-state index contributed by atoms with van der Waals surface area (Å²) in [6.07, 6.45) is -0.909. The van der Waals surface area contributed by atoms with Crippen molar-refractivity contribution < 1.29 is 35.8 Å². The number of carboxylic acids is 1. The van der Waals surface area contributed by atoms with Gasteiger partial charge in [0.05, 0.1) is 11.6 Å². The van der Waals surface area contributed by atoms with Crippen LogP contribution >= 0.6 is 23.2 Å².